The van der Waals surface area contributed by atoms with E-state index in [1.807, 2.05) is 41.4 Å². The minimum absolute atomic E-state index is 0.0390. The number of piperidine rings is 1. The highest BCUT2D eigenvalue weighted by Gasteiger charge is 2.43. The van der Waals surface area contributed by atoms with Crippen molar-refractivity contribution in [1.29, 1.82) is 0 Å². The minimum atomic E-state index is 0.0390. The fraction of sp³-hybridized carbons (Fsp3) is 0.407. The number of fused-ring (bicyclic) bond motifs is 1. The predicted molar refractivity (Wildman–Crippen MR) is 125 cm³/mol. The predicted octanol–water partition coefficient (Wildman–Crippen LogP) is 4.94. The number of para-hydroxylation sites is 1. The lowest BCUT2D eigenvalue weighted by Crippen LogP contribution is -2.50. The summed E-state index contributed by atoms with van der Waals surface area (Å²) >= 11 is 0. The van der Waals surface area contributed by atoms with E-state index in [9.17, 15) is 4.79 Å². The molecule has 166 valence electrons. The Morgan fingerprint density at radius 3 is 2.66 bits per heavy atom. The van der Waals surface area contributed by atoms with Crippen molar-refractivity contribution >= 4 is 17.3 Å². The molecule has 2 fully saturated rings. The second kappa shape index (κ2) is 8.91. The van der Waals surface area contributed by atoms with Crippen LogP contribution in [0.15, 0.2) is 60.8 Å². The van der Waals surface area contributed by atoms with Crippen LogP contribution in [0.25, 0.3) is 22.0 Å². The molecule has 0 N–H and O–H groups in total. The first kappa shape index (κ1) is 21.0. The van der Waals surface area contributed by atoms with Gasteiger partial charge >= 0.3 is 0 Å². The lowest BCUT2D eigenvalue weighted by molar-refractivity contribution is -0.124. The number of amides is 1. The molecule has 2 aromatic carbocycles. The summed E-state index contributed by atoms with van der Waals surface area (Å²) in [5, 5.41) is 1.13. The Morgan fingerprint density at radius 2 is 1.91 bits per heavy atom. The molecule has 5 rings (SSSR count). The lowest BCUT2D eigenvalue weighted by Gasteiger charge is -2.40. The fourth-order valence-electron chi connectivity index (χ4n) is 5.31. The van der Waals surface area contributed by atoms with Crippen molar-refractivity contribution in [3.63, 3.8) is 0 Å². The van der Waals surface area contributed by atoms with Crippen molar-refractivity contribution in [2.45, 2.75) is 45.0 Å². The number of carbonyl (C=O) groups is 1. The molecule has 5 nitrogen and oxygen atoms in total. The van der Waals surface area contributed by atoms with Gasteiger partial charge in [-0.1, -0.05) is 37.3 Å². The first-order valence-electron chi connectivity index (χ1n) is 11.6. The standard InChI is InChI=1S/C27H30N2O3/c1-18-13-19(2)31-27(18)24-16-29(17-30)12-11-26(24)32-23-9-7-20(8-10-23)22-14-21-5-3-4-6-25(21)28-15-22/h3-10,14-15,17-19,24,26-27H,11-13,16H2,1-2H3/t18-,19+,24?,26?,27+/m1/s1. The topological polar surface area (TPSA) is 51.7 Å². The van der Waals surface area contributed by atoms with Crippen molar-refractivity contribution < 1.29 is 14.3 Å². The van der Waals surface area contributed by atoms with E-state index in [1.54, 1.807) is 0 Å². The first-order valence-corrected chi connectivity index (χ1v) is 11.6. The Kier molecular flexibility index (Phi) is 5.83. The molecule has 5 heteroatoms. The van der Waals surface area contributed by atoms with Crippen LogP contribution in [0.1, 0.15) is 26.7 Å². The van der Waals surface area contributed by atoms with E-state index >= 15 is 0 Å². The third-order valence-electron chi connectivity index (χ3n) is 6.91. The summed E-state index contributed by atoms with van der Waals surface area (Å²) in [6.45, 7) is 5.80. The zero-order chi connectivity index (χ0) is 22.1. The highest BCUT2D eigenvalue weighted by atomic mass is 16.5. The van der Waals surface area contributed by atoms with Gasteiger partial charge in [0, 0.05) is 42.6 Å². The molecule has 2 aliphatic rings. The molecule has 0 spiro atoms. The molecular weight excluding hydrogens is 400 g/mol. The van der Waals surface area contributed by atoms with Gasteiger partial charge in [-0.15, -0.1) is 0 Å². The van der Waals surface area contributed by atoms with Gasteiger partial charge in [0.15, 0.2) is 0 Å². The van der Waals surface area contributed by atoms with Gasteiger partial charge < -0.3 is 14.4 Å². The van der Waals surface area contributed by atoms with Gasteiger partial charge in [0.25, 0.3) is 0 Å². The van der Waals surface area contributed by atoms with Crippen LogP contribution in [0.5, 0.6) is 5.75 Å². The summed E-state index contributed by atoms with van der Waals surface area (Å²) in [5.74, 6) is 1.50. The average Bonchev–Trinajstić information content (AvgIpc) is 3.17. The van der Waals surface area contributed by atoms with Crippen molar-refractivity contribution in [1.82, 2.24) is 9.88 Å². The van der Waals surface area contributed by atoms with E-state index in [0.29, 0.717) is 12.5 Å². The van der Waals surface area contributed by atoms with Crippen LogP contribution in [0.4, 0.5) is 0 Å². The van der Waals surface area contributed by atoms with E-state index in [2.05, 4.69) is 43.1 Å². The maximum Gasteiger partial charge on any atom is 0.209 e. The second-order valence-corrected chi connectivity index (χ2v) is 9.27. The van der Waals surface area contributed by atoms with Crippen LogP contribution in [-0.4, -0.2) is 47.7 Å². The number of likely N-dealkylation sites (tertiary alicyclic amines) is 1. The summed E-state index contributed by atoms with van der Waals surface area (Å²) in [7, 11) is 0. The smallest absolute Gasteiger partial charge is 0.209 e. The molecule has 3 heterocycles. The van der Waals surface area contributed by atoms with Gasteiger partial charge in [-0.2, -0.15) is 0 Å². The maximum absolute atomic E-state index is 11.4. The molecule has 0 radical (unpaired) electrons. The third kappa shape index (κ3) is 4.22. The number of nitrogens with zero attached hydrogens (tertiary/aromatic N) is 2. The minimum Gasteiger partial charge on any atom is -0.490 e. The molecule has 1 amide bonds. The molecule has 0 aliphatic carbocycles. The van der Waals surface area contributed by atoms with E-state index < -0.39 is 0 Å². The van der Waals surface area contributed by atoms with Gasteiger partial charge in [-0.25, -0.2) is 0 Å². The second-order valence-electron chi connectivity index (χ2n) is 9.27. The number of pyridine rings is 1. The van der Waals surface area contributed by atoms with Gasteiger partial charge in [0.05, 0.1) is 17.7 Å². The zero-order valence-corrected chi connectivity index (χ0v) is 18.7. The van der Waals surface area contributed by atoms with E-state index in [0.717, 1.165) is 53.6 Å². The molecule has 2 unspecified atom stereocenters. The maximum atomic E-state index is 11.4. The Labute approximate surface area is 189 Å². The fourth-order valence-corrected chi connectivity index (χ4v) is 5.31. The van der Waals surface area contributed by atoms with E-state index in [-0.39, 0.29) is 24.2 Å². The molecular formula is C27H30N2O3. The molecule has 5 atom stereocenters. The highest BCUT2D eigenvalue weighted by Crippen LogP contribution is 2.36. The van der Waals surface area contributed by atoms with Crippen molar-refractivity contribution in [2.75, 3.05) is 13.1 Å². The Morgan fingerprint density at radius 1 is 1.09 bits per heavy atom. The number of hydrogen-bond acceptors (Lipinski definition) is 4. The van der Waals surface area contributed by atoms with Crippen LogP contribution in [0.2, 0.25) is 0 Å². The zero-order valence-electron chi connectivity index (χ0n) is 18.7. The van der Waals surface area contributed by atoms with Crippen LogP contribution in [0.3, 0.4) is 0 Å². The van der Waals surface area contributed by atoms with Gasteiger partial charge in [-0.3, -0.25) is 9.78 Å². The normalized spacial score (nSPS) is 28.1. The van der Waals surface area contributed by atoms with Crippen molar-refractivity contribution in [3.05, 3.63) is 60.8 Å². The van der Waals surface area contributed by atoms with E-state index in [4.69, 9.17) is 9.47 Å². The van der Waals surface area contributed by atoms with Crippen molar-refractivity contribution in [3.8, 4) is 16.9 Å². The largest absolute Gasteiger partial charge is 0.490 e. The molecule has 2 saturated heterocycles. The number of aromatic nitrogens is 1. The Hall–Kier alpha value is -2.92. The average molecular weight is 431 g/mol. The summed E-state index contributed by atoms with van der Waals surface area (Å²) in [6.07, 6.45) is 5.18. The number of rotatable bonds is 5. The lowest BCUT2D eigenvalue weighted by atomic mass is 9.83. The van der Waals surface area contributed by atoms with Crippen LogP contribution in [0, 0.1) is 11.8 Å². The molecule has 3 aromatic rings. The third-order valence-corrected chi connectivity index (χ3v) is 6.91. The van der Waals surface area contributed by atoms with E-state index in [1.165, 1.54) is 0 Å². The molecule has 0 saturated carbocycles. The van der Waals surface area contributed by atoms with Gasteiger partial charge in [0.1, 0.15) is 11.9 Å². The number of hydrogen-bond donors (Lipinski definition) is 0. The summed E-state index contributed by atoms with van der Waals surface area (Å²) in [6, 6.07) is 18.6. The van der Waals surface area contributed by atoms with Gasteiger partial charge in [-0.05, 0) is 49.1 Å². The molecule has 32 heavy (non-hydrogen) atoms. The van der Waals surface area contributed by atoms with Crippen molar-refractivity contribution in [2.24, 2.45) is 11.8 Å². The number of ether oxygens (including phenoxy) is 2. The van der Waals surface area contributed by atoms with Crippen LogP contribution in [-0.2, 0) is 9.53 Å². The number of carbonyl (C=O) groups excluding carboxylic acids is 1. The summed E-state index contributed by atoms with van der Waals surface area (Å²) in [5.41, 5.74) is 3.21. The Bertz CT molecular complexity index is 1080. The summed E-state index contributed by atoms with van der Waals surface area (Å²) < 4.78 is 12.7. The Balaban J connectivity index is 1.33. The monoisotopic (exact) mass is 430 g/mol. The quantitative estimate of drug-likeness (QED) is 0.538. The molecule has 2 aliphatic heterocycles. The van der Waals surface area contributed by atoms with Crippen LogP contribution >= 0.6 is 0 Å². The SMILES string of the molecule is C[C@@H]1C[C@H](C)O[C@@H]1C1CN(C=O)CCC1Oc1ccc(-c2cnc3ccccc3c2)cc1. The molecule has 1 aromatic heterocycles. The number of benzene rings is 2. The summed E-state index contributed by atoms with van der Waals surface area (Å²) in [4.78, 5) is 17.9. The van der Waals surface area contributed by atoms with Crippen LogP contribution < -0.4 is 4.74 Å². The highest BCUT2D eigenvalue weighted by molar-refractivity contribution is 5.83. The molecule has 0 bridgehead atoms. The first-order chi connectivity index (χ1) is 15.6. The van der Waals surface area contributed by atoms with Gasteiger partial charge in [0.2, 0.25) is 6.41 Å².